The molecule has 0 aromatic heterocycles. The van der Waals surface area contributed by atoms with Crippen molar-refractivity contribution < 1.29 is 43.5 Å². The van der Waals surface area contributed by atoms with Crippen molar-refractivity contribution in [2.24, 2.45) is 0 Å². The Balaban J connectivity index is 1.43. The van der Waals surface area contributed by atoms with E-state index >= 15 is 0 Å². The molecule has 1 saturated heterocycles. The summed E-state index contributed by atoms with van der Waals surface area (Å²) in [5, 5.41) is 34.2. The van der Waals surface area contributed by atoms with Gasteiger partial charge < -0.3 is 29.5 Å². The fraction of sp³-hybridized carbons (Fsp3) is 0.423. The molecule has 15 nitrogen and oxygen atoms in total. The van der Waals surface area contributed by atoms with Gasteiger partial charge in [0, 0.05) is 48.7 Å². The van der Waals surface area contributed by atoms with Gasteiger partial charge in [-0.05, 0) is 41.8 Å². The number of esters is 1. The molecule has 2 aromatic carbocycles. The normalized spacial score (nSPS) is 16.8. The molecule has 2 amide bonds. The van der Waals surface area contributed by atoms with E-state index in [0.717, 1.165) is 0 Å². The van der Waals surface area contributed by atoms with E-state index in [1.807, 2.05) is 0 Å². The Kier molecular flexibility index (Phi) is 11.9. The van der Waals surface area contributed by atoms with Crippen molar-refractivity contribution in [1.29, 1.82) is 0 Å². The van der Waals surface area contributed by atoms with Gasteiger partial charge in [-0.2, -0.15) is 11.8 Å². The quantitative estimate of drug-likeness (QED) is 0.146. The molecule has 0 bridgehead atoms. The van der Waals surface area contributed by atoms with Gasteiger partial charge in [-0.1, -0.05) is 0 Å². The number of aliphatic hydroxyl groups is 1. The van der Waals surface area contributed by atoms with E-state index in [2.05, 4.69) is 5.32 Å². The van der Waals surface area contributed by atoms with E-state index in [1.165, 1.54) is 72.1 Å². The summed E-state index contributed by atoms with van der Waals surface area (Å²) < 4.78 is 15.7. The maximum atomic E-state index is 12.7. The number of amides is 2. The van der Waals surface area contributed by atoms with Gasteiger partial charge in [0.15, 0.2) is 0 Å². The van der Waals surface area contributed by atoms with E-state index in [4.69, 9.17) is 14.2 Å². The third-order valence-corrected chi connectivity index (χ3v) is 7.30. The molecule has 1 fully saturated rings. The topological polar surface area (TPSA) is 201 Å². The van der Waals surface area contributed by atoms with E-state index in [1.54, 1.807) is 0 Å². The monoisotopic (exact) mass is 606 g/mol. The number of thioether (sulfide) groups is 1. The van der Waals surface area contributed by atoms with E-state index in [-0.39, 0.29) is 49.5 Å². The summed E-state index contributed by atoms with van der Waals surface area (Å²) >= 11 is 1.36. The van der Waals surface area contributed by atoms with Gasteiger partial charge in [0.05, 0.1) is 29.0 Å². The van der Waals surface area contributed by atoms with Crippen LogP contribution in [0.25, 0.3) is 0 Å². The van der Waals surface area contributed by atoms with Crippen molar-refractivity contribution in [2.75, 3.05) is 24.6 Å². The maximum absolute atomic E-state index is 12.7. The number of rotatable bonds is 13. The minimum absolute atomic E-state index is 0.0417. The molecular weight excluding hydrogens is 576 g/mol. The van der Waals surface area contributed by atoms with Gasteiger partial charge in [0.1, 0.15) is 19.3 Å². The highest BCUT2D eigenvalue weighted by atomic mass is 32.2. The standard InChI is InChI=1S/C26H30N4O11S/c1-17(31)41-24(11-27-25(33)39-13-18-2-6-20(7-3-18)29(35)36)16-42-15-22-10-23(32)12-28(22)26(34)40-14-19-4-8-21(9-5-19)30(37)38/h2-9,22-24,32H,10-16H2,1H3,(H,27,33)/t22-,23+,24?/m0/s1. The number of β-amino-alcohol motifs (C(OH)–C–C–N with tert-alkyl or cyclic N) is 1. The summed E-state index contributed by atoms with van der Waals surface area (Å²) in [6, 6.07) is 10.8. The molecule has 0 spiro atoms. The molecular formula is C26H30N4O11S. The first-order chi connectivity index (χ1) is 20.0. The highest BCUT2D eigenvalue weighted by Crippen LogP contribution is 2.24. The number of nitro benzene ring substituents is 2. The van der Waals surface area contributed by atoms with Crippen LogP contribution in [0.1, 0.15) is 24.5 Å². The minimum atomic E-state index is -0.767. The Hall–Kier alpha value is -4.44. The van der Waals surface area contributed by atoms with Crippen LogP contribution < -0.4 is 5.32 Å². The smallest absolute Gasteiger partial charge is 0.410 e. The Bertz CT molecular complexity index is 1260. The third-order valence-electron chi connectivity index (χ3n) is 6.07. The van der Waals surface area contributed by atoms with Crippen molar-refractivity contribution >= 4 is 41.3 Å². The molecule has 1 aliphatic heterocycles. The maximum Gasteiger partial charge on any atom is 0.410 e. The summed E-state index contributed by atoms with van der Waals surface area (Å²) in [4.78, 5) is 58.3. The number of alkyl carbamates (subject to hydrolysis) is 1. The second kappa shape index (κ2) is 15.5. The van der Waals surface area contributed by atoms with Gasteiger partial charge in [-0.25, -0.2) is 9.59 Å². The fourth-order valence-electron chi connectivity index (χ4n) is 4.03. The first-order valence-corrected chi connectivity index (χ1v) is 13.9. The molecule has 226 valence electrons. The summed E-state index contributed by atoms with van der Waals surface area (Å²) in [5.41, 5.74) is 0.963. The van der Waals surface area contributed by atoms with Gasteiger partial charge in [-0.15, -0.1) is 0 Å². The average molecular weight is 607 g/mol. The zero-order valence-corrected chi connectivity index (χ0v) is 23.4. The van der Waals surface area contributed by atoms with Gasteiger partial charge >= 0.3 is 18.2 Å². The number of nitrogens with one attached hydrogen (secondary N) is 1. The lowest BCUT2D eigenvalue weighted by molar-refractivity contribution is -0.385. The van der Waals surface area contributed by atoms with Gasteiger partial charge in [0.2, 0.25) is 0 Å². The average Bonchev–Trinajstić information content (AvgIpc) is 3.33. The van der Waals surface area contributed by atoms with Gasteiger partial charge in [-0.3, -0.25) is 25.0 Å². The third kappa shape index (κ3) is 10.2. The molecule has 0 radical (unpaired) electrons. The number of non-ortho nitro benzene ring substituents is 2. The van der Waals surface area contributed by atoms with Crippen LogP contribution in [-0.4, -0.2) is 80.9 Å². The van der Waals surface area contributed by atoms with Crippen molar-refractivity contribution in [3.8, 4) is 0 Å². The summed E-state index contributed by atoms with van der Waals surface area (Å²) in [6.45, 7) is 1.07. The first kappa shape index (κ1) is 32.1. The number of carbonyl (C=O) groups excluding carboxylic acids is 3. The SMILES string of the molecule is CC(=O)OC(CNC(=O)OCc1ccc([N+](=O)[O-])cc1)CSC[C@@H]1C[C@@H](O)CN1C(=O)OCc1ccc([N+](=O)[O-])cc1. The minimum Gasteiger partial charge on any atom is -0.460 e. The number of carbonyl (C=O) groups is 3. The molecule has 1 unspecified atom stereocenters. The number of hydrogen-bond acceptors (Lipinski definition) is 12. The van der Waals surface area contributed by atoms with Gasteiger partial charge in [0.25, 0.3) is 11.4 Å². The van der Waals surface area contributed by atoms with Crippen LogP contribution in [0.2, 0.25) is 0 Å². The second-order valence-corrected chi connectivity index (χ2v) is 10.4. The molecule has 42 heavy (non-hydrogen) atoms. The fourth-order valence-corrected chi connectivity index (χ4v) is 5.20. The molecule has 0 aliphatic carbocycles. The Morgan fingerprint density at radius 3 is 2.07 bits per heavy atom. The Labute approximate surface area is 244 Å². The number of likely N-dealkylation sites (tertiary alicyclic amines) is 1. The van der Waals surface area contributed by atoms with Crippen LogP contribution >= 0.6 is 11.8 Å². The molecule has 3 rings (SSSR count). The second-order valence-electron chi connectivity index (χ2n) is 9.32. The van der Waals surface area contributed by atoms with Crippen molar-refractivity contribution in [2.45, 2.75) is 44.8 Å². The zero-order chi connectivity index (χ0) is 30.6. The number of nitro groups is 2. The summed E-state index contributed by atoms with van der Waals surface area (Å²) in [6.07, 6.45) is -2.52. The zero-order valence-electron chi connectivity index (χ0n) is 22.6. The predicted octanol–water partition coefficient (Wildman–Crippen LogP) is 3.17. The molecule has 1 heterocycles. The highest BCUT2D eigenvalue weighted by molar-refractivity contribution is 7.99. The molecule has 16 heteroatoms. The molecule has 2 N–H and O–H groups in total. The van der Waals surface area contributed by atoms with Crippen molar-refractivity contribution in [1.82, 2.24) is 10.2 Å². The van der Waals surface area contributed by atoms with Crippen LogP contribution in [-0.2, 0) is 32.2 Å². The molecule has 1 aliphatic rings. The lowest BCUT2D eigenvalue weighted by Gasteiger charge is -2.24. The van der Waals surface area contributed by atoms with Crippen LogP contribution in [0.5, 0.6) is 0 Å². The number of ether oxygens (including phenoxy) is 3. The van der Waals surface area contributed by atoms with Crippen molar-refractivity contribution in [3.05, 3.63) is 79.9 Å². The first-order valence-electron chi connectivity index (χ1n) is 12.8. The highest BCUT2D eigenvalue weighted by Gasteiger charge is 2.35. The van der Waals surface area contributed by atoms with E-state index < -0.39 is 40.2 Å². The Morgan fingerprint density at radius 1 is 1.00 bits per heavy atom. The van der Waals surface area contributed by atoms with E-state index in [0.29, 0.717) is 23.3 Å². The van der Waals surface area contributed by atoms with Crippen molar-refractivity contribution in [3.63, 3.8) is 0 Å². The Morgan fingerprint density at radius 2 is 1.55 bits per heavy atom. The van der Waals surface area contributed by atoms with E-state index in [9.17, 15) is 39.7 Å². The summed E-state index contributed by atoms with van der Waals surface area (Å²) in [5.74, 6) is 0.126. The van der Waals surface area contributed by atoms with Crippen LogP contribution in [0.3, 0.4) is 0 Å². The van der Waals surface area contributed by atoms with Crippen LogP contribution in [0, 0.1) is 20.2 Å². The number of aliphatic hydroxyl groups excluding tert-OH is 1. The predicted molar refractivity (Wildman–Crippen MR) is 149 cm³/mol. The molecule has 0 saturated carbocycles. The number of hydrogen-bond donors (Lipinski definition) is 2. The largest absolute Gasteiger partial charge is 0.460 e. The lowest BCUT2D eigenvalue weighted by atomic mass is 10.2. The number of nitrogens with zero attached hydrogens (tertiary/aromatic N) is 3. The number of benzene rings is 2. The molecule has 3 atom stereocenters. The summed E-state index contributed by atoms with van der Waals surface area (Å²) in [7, 11) is 0. The van der Waals surface area contributed by atoms with Crippen LogP contribution in [0.15, 0.2) is 48.5 Å². The molecule has 2 aromatic rings. The lowest BCUT2D eigenvalue weighted by Crippen LogP contribution is -2.39. The van der Waals surface area contributed by atoms with Crippen LogP contribution in [0.4, 0.5) is 21.0 Å².